The predicted molar refractivity (Wildman–Crippen MR) is 94.1 cm³/mol. The Bertz CT molecular complexity index is 952. The van der Waals surface area contributed by atoms with Gasteiger partial charge in [-0.05, 0) is 37.3 Å². The molecule has 0 atom stereocenters. The third kappa shape index (κ3) is 2.89. The predicted octanol–water partition coefficient (Wildman–Crippen LogP) is 3.85. The van der Waals surface area contributed by atoms with Crippen molar-refractivity contribution in [3.05, 3.63) is 54.1 Å². The molecule has 0 saturated carbocycles. The fraction of sp³-hybridized carbons (Fsp3) is 0.200. The van der Waals surface area contributed by atoms with Crippen molar-refractivity contribution in [2.24, 2.45) is 0 Å². The van der Waals surface area contributed by atoms with E-state index in [9.17, 15) is 4.79 Å². The standard InChI is InChI=1S/C20H17NO4/c1-2-23-20(22)15-12-17(21-16-6-4-3-5-14(15)16)13-7-8-18-19(11-13)25-10-9-24-18/h3-8,11-12H,2,9-10H2,1H3. The van der Waals surface area contributed by atoms with Crippen molar-refractivity contribution in [1.82, 2.24) is 4.98 Å². The number of hydrogen-bond acceptors (Lipinski definition) is 5. The SMILES string of the molecule is CCOC(=O)c1cc(-c2ccc3c(c2)OCCO3)nc2ccccc12. The first-order valence-electron chi connectivity index (χ1n) is 8.23. The summed E-state index contributed by atoms with van der Waals surface area (Å²) in [4.78, 5) is 17.1. The molecule has 126 valence electrons. The smallest absolute Gasteiger partial charge is 0.338 e. The average molecular weight is 335 g/mol. The van der Waals surface area contributed by atoms with Crippen LogP contribution in [0.25, 0.3) is 22.2 Å². The molecule has 1 aliphatic heterocycles. The second-order valence-corrected chi connectivity index (χ2v) is 5.65. The Morgan fingerprint density at radius 2 is 1.88 bits per heavy atom. The lowest BCUT2D eigenvalue weighted by Gasteiger charge is -2.19. The third-order valence-corrected chi connectivity index (χ3v) is 4.05. The molecule has 3 aromatic rings. The van der Waals surface area contributed by atoms with E-state index in [0.717, 1.165) is 22.2 Å². The summed E-state index contributed by atoms with van der Waals surface area (Å²) in [7, 11) is 0. The van der Waals surface area contributed by atoms with Crippen LogP contribution in [0.3, 0.4) is 0 Å². The maximum absolute atomic E-state index is 12.4. The molecule has 0 fully saturated rings. The second-order valence-electron chi connectivity index (χ2n) is 5.65. The van der Waals surface area contributed by atoms with Crippen molar-refractivity contribution in [2.75, 3.05) is 19.8 Å². The molecule has 0 radical (unpaired) electrons. The van der Waals surface area contributed by atoms with Gasteiger partial charge in [0.15, 0.2) is 11.5 Å². The maximum atomic E-state index is 12.4. The molecule has 25 heavy (non-hydrogen) atoms. The molecular formula is C20H17NO4. The summed E-state index contributed by atoms with van der Waals surface area (Å²) in [6.07, 6.45) is 0. The molecule has 5 heteroatoms. The first kappa shape index (κ1) is 15.4. The van der Waals surface area contributed by atoms with Gasteiger partial charge >= 0.3 is 5.97 Å². The van der Waals surface area contributed by atoms with Crippen molar-refractivity contribution in [3.63, 3.8) is 0 Å². The topological polar surface area (TPSA) is 57.7 Å². The van der Waals surface area contributed by atoms with Gasteiger partial charge in [-0.25, -0.2) is 9.78 Å². The van der Waals surface area contributed by atoms with Gasteiger partial charge in [0.1, 0.15) is 13.2 Å². The van der Waals surface area contributed by atoms with Gasteiger partial charge in [-0.2, -0.15) is 0 Å². The molecule has 0 unspecified atom stereocenters. The summed E-state index contributed by atoms with van der Waals surface area (Å²) >= 11 is 0. The van der Waals surface area contributed by atoms with E-state index < -0.39 is 0 Å². The Morgan fingerprint density at radius 1 is 1.08 bits per heavy atom. The van der Waals surface area contributed by atoms with Gasteiger partial charge in [-0.3, -0.25) is 0 Å². The van der Waals surface area contributed by atoms with Gasteiger partial charge in [0.2, 0.25) is 0 Å². The molecule has 1 aromatic heterocycles. The molecule has 0 bridgehead atoms. The number of benzene rings is 2. The quantitative estimate of drug-likeness (QED) is 0.681. The number of fused-ring (bicyclic) bond motifs is 2. The number of para-hydroxylation sites is 1. The first-order valence-corrected chi connectivity index (χ1v) is 8.23. The van der Waals surface area contributed by atoms with Crippen LogP contribution >= 0.6 is 0 Å². The zero-order valence-electron chi connectivity index (χ0n) is 13.8. The number of hydrogen-bond donors (Lipinski definition) is 0. The summed E-state index contributed by atoms with van der Waals surface area (Å²) < 4.78 is 16.4. The van der Waals surface area contributed by atoms with Crippen molar-refractivity contribution < 1.29 is 19.0 Å². The van der Waals surface area contributed by atoms with E-state index in [4.69, 9.17) is 19.2 Å². The summed E-state index contributed by atoms with van der Waals surface area (Å²) in [5.74, 6) is 1.07. The fourth-order valence-electron chi connectivity index (χ4n) is 2.90. The molecule has 4 rings (SSSR count). The number of esters is 1. The van der Waals surface area contributed by atoms with Crippen molar-refractivity contribution in [2.45, 2.75) is 6.92 Å². The lowest BCUT2D eigenvalue weighted by Crippen LogP contribution is -2.15. The van der Waals surface area contributed by atoms with Crippen LogP contribution in [0.4, 0.5) is 0 Å². The van der Waals surface area contributed by atoms with Crippen LogP contribution in [0.15, 0.2) is 48.5 Å². The molecule has 2 aromatic carbocycles. The van der Waals surface area contributed by atoms with E-state index in [1.165, 1.54) is 0 Å². The molecule has 0 aliphatic carbocycles. The Morgan fingerprint density at radius 3 is 2.72 bits per heavy atom. The lowest BCUT2D eigenvalue weighted by molar-refractivity contribution is 0.0528. The van der Waals surface area contributed by atoms with Crippen LogP contribution in [0, 0.1) is 0 Å². The van der Waals surface area contributed by atoms with Gasteiger partial charge in [0.25, 0.3) is 0 Å². The Labute approximate surface area is 145 Å². The molecule has 0 amide bonds. The Kier molecular flexibility index (Phi) is 3.98. The van der Waals surface area contributed by atoms with Crippen LogP contribution in [0.1, 0.15) is 17.3 Å². The van der Waals surface area contributed by atoms with E-state index in [1.54, 1.807) is 13.0 Å². The minimum Gasteiger partial charge on any atom is -0.486 e. The number of rotatable bonds is 3. The van der Waals surface area contributed by atoms with E-state index in [-0.39, 0.29) is 5.97 Å². The molecule has 1 aliphatic rings. The van der Waals surface area contributed by atoms with Crippen molar-refractivity contribution >= 4 is 16.9 Å². The minimum absolute atomic E-state index is 0.328. The summed E-state index contributed by atoms with van der Waals surface area (Å²) in [6, 6.07) is 15.0. The largest absolute Gasteiger partial charge is 0.486 e. The van der Waals surface area contributed by atoms with Crippen LogP contribution in [-0.2, 0) is 4.74 Å². The first-order chi connectivity index (χ1) is 12.3. The van der Waals surface area contributed by atoms with E-state index >= 15 is 0 Å². The zero-order chi connectivity index (χ0) is 17.2. The second kappa shape index (κ2) is 6.43. The number of nitrogens with zero attached hydrogens (tertiary/aromatic N) is 1. The van der Waals surface area contributed by atoms with Gasteiger partial charge in [0.05, 0.1) is 23.4 Å². The Balaban J connectivity index is 1.86. The third-order valence-electron chi connectivity index (χ3n) is 4.05. The Hall–Kier alpha value is -3.08. The van der Waals surface area contributed by atoms with Gasteiger partial charge in [0, 0.05) is 10.9 Å². The molecule has 0 spiro atoms. The maximum Gasteiger partial charge on any atom is 0.338 e. The lowest BCUT2D eigenvalue weighted by atomic mass is 10.0. The van der Waals surface area contributed by atoms with Gasteiger partial charge in [-0.1, -0.05) is 18.2 Å². The summed E-state index contributed by atoms with van der Waals surface area (Å²) in [5, 5.41) is 0.780. The number of ether oxygens (including phenoxy) is 3. The highest BCUT2D eigenvalue weighted by atomic mass is 16.6. The number of carbonyl (C=O) groups excluding carboxylic acids is 1. The average Bonchev–Trinajstić information content (AvgIpc) is 2.67. The highest BCUT2D eigenvalue weighted by Crippen LogP contribution is 2.35. The van der Waals surface area contributed by atoms with Crippen LogP contribution < -0.4 is 9.47 Å². The van der Waals surface area contributed by atoms with Crippen LogP contribution in [-0.4, -0.2) is 30.8 Å². The molecule has 0 saturated heterocycles. The summed E-state index contributed by atoms with van der Waals surface area (Å²) in [5.41, 5.74) is 2.81. The molecule has 2 heterocycles. The number of carbonyl (C=O) groups is 1. The summed E-state index contributed by atoms with van der Waals surface area (Å²) in [6.45, 7) is 3.20. The number of pyridine rings is 1. The van der Waals surface area contributed by atoms with Gasteiger partial charge < -0.3 is 14.2 Å². The van der Waals surface area contributed by atoms with Crippen molar-refractivity contribution in [3.8, 4) is 22.8 Å². The number of aromatic nitrogens is 1. The monoisotopic (exact) mass is 335 g/mol. The highest BCUT2D eigenvalue weighted by Gasteiger charge is 2.17. The normalized spacial score (nSPS) is 12.8. The van der Waals surface area contributed by atoms with Gasteiger partial charge in [-0.15, -0.1) is 0 Å². The fourth-order valence-corrected chi connectivity index (χ4v) is 2.90. The molecular weight excluding hydrogens is 318 g/mol. The van der Waals surface area contributed by atoms with E-state index in [1.807, 2.05) is 42.5 Å². The molecule has 5 nitrogen and oxygen atoms in total. The van der Waals surface area contributed by atoms with Crippen molar-refractivity contribution in [1.29, 1.82) is 0 Å². The highest BCUT2D eigenvalue weighted by molar-refractivity contribution is 6.04. The van der Waals surface area contributed by atoms with Crippen LogP contribution in [0.2, 0.25) is 0 Å². The zero-order valence-corrected chi connectivity index (χ0v) is 13.8. The van der Waals surface area contributed by atoms with E-state index in [2.05, 4.69) is 0 Å². The van der Waals surface area contributed by atoms with E-state index in [0.29, 0.717) is 36.8 Å². The van der Waals surface area contributed by atoms with Crippen LogP contribution in [0.5, 0.6) is 11.5 Å². The minimum atomic E-state index is -0.347. The molecule has 0 N–H and O–H groups in total.